The molecule has 3 atom stereocenters. The Morgan fingerprint density at radius 1 is 1.10 bits per heavy atom. The fourth-order valence-electron chi connectivity index (χ4n) is 7.00. The van der Waals surface area contributed by atoms with Gasteiger partial charge >= 0.3 is 6.01 Å². The molecule has 8 rings (SSSR count). The number of benzene rings is 3. The summed E-state index contributed by atoms with van der Waals surface area (Å²) in [6.07, 6.45) is 6.52. The van der Waals surface area contributed by atoms with E-state index in [4.69, 9.17) is 21.3 Å². The van der Waals surface area contributed by atoms with Crippen molar-refractivity contribution < 1.29 is 14.2 Å². The normalized spacial score (nSPS) is 23.0. The lowest BCUT2D eigenvalue weighted by molar-refractivity contribution is 0.223. The van der Waals surface area contributed by atoms with Crippen molar-refractivity contribution in [3.63, 3.8) is 0 Å². The number of hydrogen-bond donors (Lipinski definition) is 2. The van der Waals surface area contributed by atoms with Crippen LogP contribution in [0.25, 0.3) is 32.8 Å². The zero-order valence-electron chi connectivity index (χ0n) is 23.2. The molecule has 7 nitrogen and oxygen atoms in total. The topological polar surface area (TPSA) is 73.8 Å². The first-order chi connectivity index (χ1) is 20.0. The Kier molecular flexibility index (Phi) is 7.09. The third kappa shape index (κ3) is 4.96. The Balaban J connectivity index is 1.36. The van der Waals surface area contributed by atoms with E-state index in [2.05, 4.69) is 27.1 Å². The molecular weight excluding hydrogens is 541 g/mol. The molecule has 4 saturated heterocycles. The van der Waals surface area contributed by atoms with Crippen LogP contribution in [0.5, 0.6) is 11.8 Å². The predicted octanol–water partition coefficient (Wildman–Crippen LogP) is 6.14. The number of hydrogen-bond acceptors (Lipinski definition) is 7. The van der Waals surface area contributed by atoms with Gasteiger partial charge in [-0.2, -0.15) is 9.97 Å². The van der Waals surface area contributed by atoms with E-state index in [0.29, 0.717) is 35.5 Å². The first-order valence-electron chi connectivity index (χ1n) is 14.7. The Hall–Kier alpha value is -3.20. The molecule has 0 spiro atoms. The molecule has 2 unspecified atom stereocenters. The monoisotopic (exact) mass is 575 g/mol. The summed E-state index contributed by atoms with van der Waals surface area (Å²) >= 11 is 6.88. The van der Waals surface area contributed by atoms with Gasteiger partial charge in [0.25, 0.3) is 0 Å². The lowest BCUT2D eigenvalue weighted by Gasteiger charge is -2.38. The fourth-order valence-corrected chi connectivity index (χ4v) is 7.29. The van der Waals surface area contributed by atoms with E-state index in [1.54, 1.807) is 18.2 Å². The van der Waals surface area contributed by atoms with Crippen molar-refractivity contribution >= 4 is 39.1 Å². The number of halogens is 2. The highest BCUT2D eigenvalue weighted by Crippen LogP contribution is 2.43. The van der Waals surface area contributed by atoms with Gasteiger partial charge < -0.3 is 25.0 Å². The molecule has 5 heterocycles. The van der Waals surface area contributed by atoms with Crippen LogP contribution in [0.1, 0.15) is 38.5 Å². The number of piperazine rings is 1. The van der Waals surface area contributed by atoms with E-state index in [1.807, 2.05) is 24.3 Å². The summed E-state index contributed by atoms with van der Waals surface area (Å²) in [5, 5.41) is 16.6. The van der Waals surface area contributed by atoms with Gasteiger partial charge in [0.15, 0.2) is 5.82 Å². The number of phenolic OH excluding ortho intramolecular Hbond substituents is 1. The van der Waals surface area contributed by atoms with Crippen LogP contribution in [0, 0.1) is 5.82 Å². The molecule has 4 fully saturated rings. The first kappa shape index (κ1) is 26.7. The van der Waals surface area contributed by atoms with Crippen molar-refractivity contribution in [3.8, 4) is 22.9 Å². The first-order valence-corrected chi connectivity index (χ1v) is 15.1. The number of aromatic hydroxyl groups is 1. The number of phenols is 1. The molecule has 2 N–H and O–H groups in total. The standard InChI is InChI=1S/C32H35ClFN5O2/c1-38-12-5-9-21(38)11-13-41-32-36-30-26(31(37-32)39-18-20-7-4-8-22(39)17-35-20)16-27(33)28(29(30)34)25-15-23(40)14-19-6-2-3-10-24(19)25/h2-3,6,10,14-16,20-22,35,40H,4-5,7-9,11-13,17-18H2,1H3/t20?,21-,22?/m1/s1. The van der Waals surface area contributed by atoms with E-state index >= 15 is 4.39 Å². The SMILES string of the molecule is CN1CCC[C@@H]1CCOc1nc(N2CC3CCCC2CN3)c2cc(Cl)c(-c3cc(O)cc4ccccc34)c(F)c2n1. The van der Waals surface area contributed by atoms with Crippen molar-refractivity contribution in [2.45, 2.75) is 56.7 Å². The summed E-state index contributed by atoms with van der Waals surface area (Å²) in [7, 11) is 2.15. The van der Waals surface area contributed by atoms with Gasteiger partial charge in [0, 0.05) is 42.2 Å². The summed E-state index contributed by atoms with van der Waals surface area (Å²) in [5.74, 6) is 0.187. The van der Waals surface area contributed by atoms with Crippen molar-refractivity contribution in [3.05, 3.63) is 53.3 Å². The fraction of sp³-hybridized carbons (Fsp3) is 0.438. The molecule has 4 aliphatic heterocycles. The van der Waals surface area contributed by atoms with Gasteiger partial charge in [-0.05, 0) is 86.7 Å². The number of aromatic nitrogens is 2. The van der Waals surface area contributed by atoms with Crippen LogP contribution < -0.4 is 15.0 Å². The lowest BCUT2D eigenvalue weighted by atomic mass is 9.96. The Labute approximate surface area is 244 Å². The highest BCUT2D eigenvalue weighted by atomic mass is 35.5. The molecule has 0 amide bonds. The van der Waals surface area contributed by atoms with Gasteiger partial charge in [-0.25, -0.2) is 4.39 Å². The van der Waals surface area contributed by atoms with Crippen LogP contribution in [0.4, 0.5) is 10.2 Å². The molecule has 214 valence electrons. The van der Waals surface area contributed by atoms with Crippen LogP contribution in [0.3, 0.4) is 0 Å². The molecule has 0 radical (unpaired) electrons. The maximum absolute atomic E-state index is 16.7. The molecule has 4 aromatic rings. The van der Waals surface area contributed by atoms with E-state index < -0.39 is 5.82 Å². The van der Waals surface area contributed by atoms with E-state index in [1.165, 1.54) is 6.42 Å². The minimum Gasteiger partial charge on any atom is -0.508 e. The smallest absolute Gasteiger partial charge is 0.319 e. The molecule has 0 aliphatic carbocycles. The van der Waals surface area contributed by atoms with Crippen LogP contribution in [0.15, 0.2) is 42.5 Å². The van der Waals surface area contributed by atoms with Crippen LogP contribution in [-0.2, 0) is 0 Å². The Morgan fingerprint density at radius 3 is 2.83 bits per heavy atom. The molecule has 1 aromatic heterocycles. The highest BCUT2D eigenvalue weighted by Gasteiger charge is 2.34. The molecule has 4 aliphatic rings. The van der Waals surface area contributed by atoms with Crippen molar-refractivity contribution in [1.29, 1.82) is 0 Å². The largest absolute Gasteiger partial charge is 0.508 e. The molecule has 2 bridgehead atoms. The van der Waals surface area contributed by atoms with E-state index in [9.17, 15) is 5.11 Å². The van der Waals surface area contributed by atoms with Crippen LogP contribution in [-0.4, -0.2) is 71.4 Å². The average Bonchev–Trinajstić information content (AvgIpc) is 3.13. The second-order valence-electron chi connectivity index (χ2n) is 11.7. The number of ether oxygens (including phenoxy) is 1. The van der Waals surface area contributed by atoms with Gasteiger partial charge in [-0.1, -0.05) is 35.9 Å². The van der Waals surface area contributed by atoms with Gasteiger partial charge in [0.2, 0.25) is 0 Å². The maximum atomic E-state index is 16.7. The van der Waals surface area contributed by atoms with Crippen molar-refractivity contribution in [2.75, 3.05) is 38.2 Å². The van der Waals surface area contributed by atoms with Gasteiger partial charge in [-0.15, -0.1) is 0 Å². The van der Waals surface area contributed by atoms with Gasteiger partial charge in [0.1, 0.15) is 17.1 Å². The number of anilines is 1. The average molecular weight is 576 g/mol. The molecule has 41 heavy (non-hydrogen) atoms. The number of likely N-dealkylation sites (tertiary alicyclic amines) is 1. The summed E-state index contributed by atoms with van der Waals surface area (Å²) in [6.45, 7) is 3.23. The number of fused-ring (bicyclic) bond motifs is 6. The molecule has 0 saturated carbocycles. The number of rotatable bonds is 6. The maximum Gasteiger partial charge on any atom is 0.319 e. The second-order valence-corrected chi connectivity index (χ2v) is 12.2. The number of nitrogens with one attached hydrogen (secondary N) is 1. The van der Waals surface area contributed by atoms with Crippen LogP contribution in [0.2, 0.25) is 5.02 Å². The minimum atomic E-state index is -0.537. The van der Waals surface area contributed by atoms with Crippen molar-refractivity contribution in [1.82, 2.24) is 20.2 Å². The quantitative estimate of drug-likeness (QED) is 0.286. The zero-order chi connectivity index (χ0) is 28.1. The molecule has 9 heteroatoms. The van der Waals surface area contributed by atoms with Crippen LogP contribution >= 0.6 is 11.6 Å². The summed E-state index contributed by atoms with van der Waals surface area (Å²) in [5.41, 5.74) is 0.923. The minimum absolute atomic E-state index is 0.0478. The summed E-state index contributed by atoms with van der Waals surface area (Å²) < 4.78 is 22.9. The zero-order valence-corrected chi connectivity index (χ0v) is 24.0. The predicted molar refractivity (Wildman–Crippen MR) is 162 cm³/mol. The molecular formula is C32H35ClFN5O2. The summed E-state index contributed by atoms with van der Waals surface area (Å²) in [6, 6.07) is 13.9. The Bertz CT molecular complexity index is 1610. The highest BCUT2D eigenvalue weighted by molar-refractivity contribution is 6.35. The second kappa shape index (κ2) is 10.9. The van der Waals surface area contributed by atoms with Crippen molar-refractivity contribution in [2.24, 2.45) is 0 Å². The lowest BCUT2D eigenvalue weighted by Crippen LogP contribution is -2.54. The van der Waals surface area contributed by atoms with E-state index in [0.717, 1.165) is 62.5 Å². The third-order valence-electron chi connectivity index (χ3n) is 9.17. The molecule has 3 aromatic carbocycles. The Morgan fingerprint density at radius 2 is 1.98 bits per heavy atom. The number of nitrogens with zero attached hydrogens (tertiary/aromatic N) is 4. The van der Waals surface area contributed by atoms with E-state index in [-0.39, 0.29) is 33.9 Å². The van der Waals surface area contributed by atoms with Gasteiger partial charge in [-0.3, -0.25) is 0 Å². The third-order valence-corrected chi connectivity index (χ3v) is 9.47. The van der Waals surface area contributed by atoms with Gasteiger partial charge in [0.05, 0.1) is 11.6 Å². The summed E-state index contributed by atoms with van der Waals surface area (Å²) in [4.78, 5) is 14.2.